The van der Waals surface area contributed by atoms with Crippen LogP contribution < -0.4 is 15.6 Å². The number of aryl methyl sites for hydroxylation is 1. The predicted octanol–water partition coefficient (Wildman–Crippen LogP) is 4.74. The molecule has 0 unspecified atom stereocenters. The van der Waals surface area contributed by atoms with Gasteiger partial charge in [-0.15, -0.1) is 0 Å². The van der Waals surface area contributed by atoms with E-state index in [1.165, 1.54) is 65.5 Å². The SMILES string of the molecule is Cc1[nH]nc2nccc(Oc3ccc(NC(=O)c4cccn(-c5ccc(F)cc5)c4=O)cc3F)c12. The van der Waals surface area contributed by atoms with Crippen LogP contribution in [0, 0.1) is 18.6 Å². The van der Waals surface area contributed by atoms with Gasteiger partial charge in [0.1, 0.15) is 17.1 Å². The molecule has 0 fully saturated rings. The quantitative estimate of drug-likeness (QED) is 0.384. The van der Waals surface area contributed by atoms with E-state index in [2.05, 4.69) is 20.5 Å². The number of aromatic nitrogens is 4. The number of hydrogen-bond donors (Lipinski definition) is 2. The van der Waals surface area contributed by atoms with E-state index in [4.69, 9.17) is 4.74 Å². The van der Waals surface area contributed by atoms with Crippen molar-refractivity contribution in [3.8, 4) is 17.2 Å². The number of anilines is 1. The van der Waals surface area contributed by atoms with Gasteiger partial charge in [-0.1, -0.05) is 0 Å². The van der Waals surface area contributed by atoms with Crippen molar-refractivity contribution in [2.24, 2.45) is 0 Å². The first-order valence-electron chi connectivity index (χ1n) is 10.5. The number of pyridine rings is 2. The highest BCUT2D eigenvalue weighted by Gasteiger charge is 2.16. The lowest BCUT2D eigenvalue weighted by molar-refractivity contribution is 0.102. The number of fused-ring (bicyclic) bond motifs is 1. The molecule has 10 heteroatoms. The Morgan fingerprint density at radius 1 is 1.06 bits per heavy atom. The summed E-state index contributed by atoms with van der Waals surface area (Å²) in [6.07, 6.45) is 2.97. The number of hydrogen-bond acceptors (Lipinski definition) is 5. The number of amides is 1. The van der Waals surface area contributed by atoms with Crippen molar-refractivity contribution in [3.63, 3.8) is 0 Å². The van der Waals surface area contributed by atoms with E-state index in [1.807, 2.05) is 0 Å². The zero-order chi connectivity index (χ0) is 24.5. The van der Waals surface area contributed by atoms with Crippen LogP contribution in [0.1, 0.15) is 16.1 Å². The average molecular weight is 473 g/mol. The number of rotatable bonds is 5. The molecule has 2 N–H and O–H groups in total. The molecule has 174 valence electrons. The molecule has 8 nitrogen and oxygen atoms in total. The molecule has 1 amide bonds. The van der Waals surface area contributed by atoms with Gasteiger partial charge in [-0.25, -0.2) is 13.8 Å². The highest BCUT2D eigenvalue weighted by atomic mass is 19.1. The molecule has 0 spiro atoms. The minimum absolute atomic E-state index is 0.0607. The lowest BCUT2D eigenvalue weighted by atomic mass is 10.2. The summed E-state index contributed by atoms with van der Waals surface area (Å²) in [5.41, 5.74) is 0.939. The van der Waals surface area contributed by atoms with Crippen LogP contribution in [0.4, 0.5) is 14.5 Å². The van der Waals surface area contributed by atoms with Crippen molar-refractivity contribution in [1.82, 2.24) is 19.7 Å². The van der Waals surface area contributed by atoms with Gasteiger partial charge >= 0.3 is 0 Å². The largest absolute Gasteiger partial charge is 0.453 e. The average Bonchev–Trinajstić information content (AvgIpc) is 3.23. The first kappa shape index (κ1) is 22.0. The first-order valence-corrected chi connectivity index (χ1v) is 10.5. The summed E-state index contributed by atoms with van der Waals surface area (Å²) in [6.45, 7) is 1.80. The predicted molar refractivity (Wildman–Crippen MR) is 125 cm³/mol. The van der Waals surface area contributed by atoms with Crippen molar-refractivity contribution in [2.75, 3.05) is 5.32 Å². The highest BCUT2D eigenvalue weighted by Crippen LogP contribution is 2.32. The second kappa shape index (κ2) is 8.82. The molecular formula is C25H17F2N5O3. The molecule has 0 aliphatic rings. The third-order valence-corrected chi connectivity index (χ3v) is 5.30. The van der Waals surface area contributed by atoms with Crippen LogP contribution in [0.5, 0.6) is 11.5 Å². The topological polar surface area (TPSA) is 102 Å². The van der Waals surface area contributed by atoms with Crippen molar-refractivity contribution >= 4 is 22.6 Å². The lowest BCUT2D eigenvalue weighted by Gasteiger charge is -2.11. The number of carbonyl (C=O) groups excluding carboxylic acids is 1. The molecular weight excluding hydrogens is 456 g/mol. The third-order valence-electron chi connectivity index (χ3n) is 5.30. The summed E-state index contributed by atoms with van der Waals surface area (Å²) in [5.74, 6) is -1.56. The molecule has 2 aromatic carbocycles. The van der Waals surface area contributed by atoms with Crippen LogP contribution in [-0.2, 0) is 0 Å². The maximum atomic E-state index is 14.8. The molecule has 3 aromatic heterocycles. The Morgan fingerprint density at radius 2 is 1.86 bits per heavy atom. The van der Waals surface area contributed by atoms with Crippen molar-refractivity contribution in [2.45, 2.75) is 6.92 Å². The van der Waals surface area contributed by atoms with Crippen molar-refractivity contribution in [1.29, 1.82) is 0 Å². The van der Waals surface area contributed by atoms with Crippen LogP contribution in [0.15, 0.2) is 77.9 Å². The van der Waals surface area contributed by atoms with Crippen LogP contribution in [0.25, 0.3) is 16.7 Å². The normalized spacial score (nSPS) is 10.9. The number of H-pyrrole nitrogens is 1. The maximum absolute atomic E-state index is 14.8. The number of ether oxygens (including phenoxy) is 1. The van der Waals surface area contributed by atoms with E-state index in [0.717, 1.165) is 11.8 Å². The summed E-state index contributed by atoms with van der Waals surface area (Å²) >= 11 is 0. The molecule has 0 aliphatic heterocycles. The van der Waals surface area contributed by atoms with Crippen LogP contribution in [0.2, 0.25) is 0 Å². The van der Waals surface area contributed by atoms with E-state index in [9.17, 15) is 18.4 Å². The fourth-order valence-electron chi connectivity index (χ4n) is 3.60. The minimum atomic E-state index is -0.718. The van der Waals surface area contributed by atoms with Gasteiger partial charge in [0.05, 0.1) is 5.39 Å². The van der Waals surface area contributed by atoms with Gasteiger partial charge in [0, 0.05) is 35.5 Å². The van der Waals surface area contributed by atoms with Crippen molar-refractivity contribution in [3.05, 3.63) is 106 Å². The van der Waals surface area contributed by atoms with Gasteiger partial charge in [-0.3, -0.25) is 19.3 Å². The number of nitrogens with one attached hydrogen (secondary N) is 2. The zero-order valence-electron chi connectivity index (χ0n) is 18.3. The third kappa shape index (κ3) is 4.24. The molecule has 0 saturated carbocycles. The molecule has 0 bridgehead atoms. The van der Waals surface area contributed by atoms with Gasteiger partial charge in [0.25, 0.3) is 11.5 Å². The first-order chi connectivity index (χ1) is 16.9. The summed E-state index contributed by atoms with van der Waals surface area (Å²) in [6, 6.07) is 13.7. The summed E-state index contributed by atoms with van der Waals surface area (Å²) < 4.78 is 35.0. The Bertz CT molecular complexity index is 1630. The number of carbonyl (C=O) groups is 1. The summed E-state index contributed by atoms with van der Waals surface area (Å²) in [5, 5.41) is 10.0. The van der Waals surface area contributed by atoms with Crippen LogP contribution >= 0.6 is 0 Å². The smallest absolute Gasteiger partial charge is 0.267 e. The molecule has 0 aliphatic carbocycles. The molecule has 5 aromatic rings. The molecule has 35 heavy (non-hydrogen) atoms. The number of benzene rings is 2. The summed E-state index contributed by atoms with van der Waals surface area (Å²) in [7, 11) is 0. The minimum Gasteiger partial charge on any atom is -0.453 e. The highest BCUT2D eigenvalue weighted by molar-refractivity contribution is 6.04. The van der Waals surface area contributed by atoms with Gasteiger partial charge in [0.15, 0.2) is 17.2 Å². The van der Waals surface area contributed by atoms with Crippen LogP contribution in [-0.4, -0.2) is 25.7 Å². The van der Waals surface area contributed by atoms with E-state index < -0.39 is 23.1 Å². The Morgan fingerprint density at radius 3 is 2.63 bits per heavy atom. The Balaban J connectivity index is 1.38. The van der Waals surface area contributed by atoms with E-state index in [0.29, 0.717) is 22.5 Å². The fraction of sp³-hybridized carbons (Fsp3) is 0.0400. The lowest BCUT2D eigenvalue weighted by Crippen LogP contribution is -2.27. The summed E-state index contributed by atoms with van der Waals surface area (Å²) in [4.78, 5) is 29.7. The molecule has 0 saturated heterocycles. The second-order valence-corrected chi connectivity index (χ2v) is 7.63. The Labute approximate surface area is 196 Å². The van der Waals surface area contributed by atoms with Crippen molar-refractivity contribution < 1.29 is 18.3 Å². The van der Waals surface area contributed by atoms with E-state index in [1.54, 1.807) is 13.0 Å². The number of nitrogens with zero attached hydrogens (tertiary/aromatic N) is 3. The standard InChI is InChI=1S/C25H17F2N5O3/c1-14-22-21(10-11-28-23(22)31-30-14)35-20-9-6-16(13-19(20)27)29-24(33)18-3-2-12-32(25(18)34)17-7-4-15(26)5-8-17/h2-13H,1H3,(H,29,33)(H,28,30,31). The van der Waals surface area contributed by atoms with Crippen LogP contribution in [0.3, 0.4) is 0 Å². The Hall–Kier alpha value is -4.86. The van der Waals surface area contributed by atoms with Gasteiger partial charge in [-0.05, 0) is 61.5 Å². The molecule has 0 atom stereocenters. The van der Waals surface area contributed by atoms with E-state index >= 15 is 0 Å². The Kier molecular flexibility index (Phi) is 5.54. The maximum Gasteiger partial charge on any atom is 0.267 e. The molecule has 3 heterocycles. The van der Waals surface area contributed by atoms with Gasteiger partial charge < -0.3 is 10.1 Å². The second-order valence-electron chi connectivity index (χ2n) is 7.63. The molecule has 0 radical (unpaired) electrons. The van der Waals surface area contributed by atoms with Gasteiger partial charge in [0.2, 0.25) is 0 Å². The van der Waals surface area contributed by atoms with E-state index in [-0.39, 0.29) is 17.0 Å². The number of halogens is 2. The molecule has 5 rings (SSSR count). The fourth-order valence-corrected chi connectivity index (χ4v) is 3.60. The zero-order valence-corrected chi connectivity index (χ0v) is 18.3. The monoisotopic (exact) mass is 473 g/mol. The number of aromatic amines is 1. The van der Waals surface area contributed by atoms with Gasteiger partial charge in [-0.2, -0.15) is 5.10 Å².